The fourth-order valence-electron chi connectivity index (χ4n) is 2.76. The van der Waals surface area contributed by atoms with E-state index in [0.29, 0.717) is 32.8 Å². The number of unbranched alkanes of at least 4 members (excludes halogenated alkanes) is 1. The average Bonchev–Trinajstić information content (AvgIpc) is 3.01. The predicted molar refractivity (Wildman–Crippen MR) is 102 cm³/mol. The van der Waals surface area contributed by atoms with E-state index in [-0.39, 0.29) is 32.7 Å². The zero-order valence-corrected chi connectivity index (χ0v) is 17.2. The van der Waals surface area contributed by atoms with E-state index in [4.69, 9.17) is 0 Å². The number of H-pyrrole nitrogens is 1. The number of hydrogen-bond acceptors (Lipinski definition) is 4. The molecule has 0 unspecified atom stereocenters. The molecule has 0 aliphatic carbocycles. The van der Waals surface area contributed by atoms with Gasteiger partial charge >= 0.3 is 154 Å². The number of nitrogens with one attached hydrogen (secondary N) is 1. The van der Waals surface area contributed by atoms with E-state index >= 15 is 0 Å². The molecule has 0 saturated carbocycles. The summed E-state index contributed by atoms with van der Waals surface area (Å²) in [7, 11) is 0. The van der Waals surface area contributed by atoms with Crippen molar-refractivity contribution >= 4 is 47.8 Å². The topological polar surface area (TPSA) is 89.0 Å². The van der Waals surface area contributed by atoms with Gasteiger partial charge in [0.25, 0.3) is 0 Å². The summed E-state index contributed by atoms with van der Waals surface area (Å²) in [5.74, 6) is 0. The molecule has 2 aromatic heterocycles. The van der Waals surface area contributed by atoms with Gasteiger partial charge in [0.2, 0.25) is 0 Å². The van der Waals surface area contributed by atoms with Crippen LogP contribution in [0.25, 0.3) is 21.5 Å². The van der Waals surface area contributed by atoms with Crippen LogP contribution in [-0.2, 0) is 6.54 Å². The molecule has 3 aromatic rings. The van der Waals surface area contributed by atoms with Gasteiger partial charge in [-0.1, -0.05) is 0 Å². The molecular formula is C17H18N2O4Se2. The molecule has 2 heterocycles. The van der Waals surface area contributed by atoms with Crippen molar-refractivity contribution in [2.24, 2.45) is 0 Å². The minimum atomic E-state index is -0.515. The zero-order chi connectivity index (χ0) is 18.0. The van der Waals surface area contributed by atoms with Crippen molar-refractivity contribution in [3.05, 3.63) is 53.5 Å². The van der Waals surface area contributed by atoms with Crippen LogP contribution in [0.2, 0.25) is 10.6 Å². The number of aromatic amines is 1. The van der Waals surface area contributed by atoms with E-state index in [2.05, 4.69) is 11.9 Å². The first-order chi connectivity index (χ1) is 12.0. The molecule has 3 rings (SSSR count). The third-order valence-corrected chi connectivity index (χ3v) is 11.8. The Hall–Kier alpha value is -1.46. The summed E-state index contributed by atoms with van der Waals surface area (Å²) < 4.78 is 1.25. The number of fused-ring (bicyclic) bond motifs is 2. The minimum absolute atomic E-state index is 0.175. The Morgan fingerprint density at radius 2 is 1.36 bits per heavy atom. The standard InChI is InChI=1S/C17H18N2O4Se2/c1-2-3-6-24-25-7-4-5-19-16(22)12-8-10-11(9-13(12)17(19)23)15(21)18-14(10)20/h8-9H,2-7H2,1H3,(H,18,20,21). The third kappa shape index (κ3) is 3.58. The van der Waals surface area contributed by atoms with Gasteiger partial charge in [-0.15, -0.1) is 0 Å². The normalized spacial score (nSPS) is 11.7. The fourth-order valence-corrected chi connectivity index (χ4v) is 9.76. The Kier molecular flexibility index (Phi) is 5.74. The molecule has 0 bridgehead atoms. The quantitative estimate of drug-likeness (QED) is 0.388. The summed E-state index contributed by atoms with van der Waals surface area (Å²) in [6.45, 7) is 2.60. The third-order valence-electron chi connectivity index (χ3n) is 4.10. The van der Waals surface area contributed by atoms with Crippen LogP contribution >= 0.6 is 0 Å². The first kappa shape index (κ1) is 18.3. The van der Waals surface area contributed by atoms with E-state index in [1.807, 2.05) is 0 Å². The fraction of sp³-hybridized carbons (Fsp3) is 0.412. The van der Waals surface area contributed by atoms with E-state index < -0.39 is 11.1 Å². The molecule has 0 saturated heterocycles. The molecule has 0 atom stereocenters. The van der Waals surface area contributed by atoms with Crippen LogP contribution in [0.4, 0.5) is 0 Å². The van der Waals surface area contributed by atoms with Crippen LogP contribution in [0, 0.1) is 0 Å². The molecule has 8 heteroatoms. The van der Waals surface area contributed by atoms with Gasteiger partial charge in [-0.3, -0.25) is 0 Å². The van der Waals surface area contributed by atoms with Crippen molar-refractivity contribution in [2.45, 2.75) is 43.4 Å². The van der Waals surface area contributed by atoms with Crippen LogP contribution in [0.5, 0.6) is 0 Å². The number of nitrogens with zero attached hydrogens (tertiary/aromatic N) is 1. The summed E-state index contributed by atoms with van der Waals surface area (Å²) in [6.07, 6.45) is 3.34. The molecule has 1 N–H and O–H groups in total. The van der Waals surface area contributed by atoms with Gasteiger partial charge in [0.05, 0.1) is 0 Å². The summed E-state index contributed by atoms with van der Waals surface area (Å²) in [6, 6.07) is 2.76. The average molecular weight is 472 g/mol. The van der Waals surface area contributed by atoms with E-state index in [1.54, 1.807) is 0 Å². The van der Waals surface area contributed by atoms with Gasteiger partial charge in [0.15, 0.2) is 0 Å². The van der Waals surface area contributed by atoms with Crippen LogP contribution in [-0.4, -0.2) is 35.8 Å². The van der Waals surface area contributed by atoms with Gasteiger partial charge in [0, 0.05) is 0 Å². The molecule has 0 spiro atoms. The molecule has 0 fully saturated rings. The van der Waals surface area contributed by atoms with Crippen LogP contribution < -0.4 is 22.2 Å². The second-order valence-corrected chi connectivity index (χ2v) is 13.7. The molecular weight excluding hydrogens is 454 g/mol. The first-order valence-electron chi connectivity index (χ1n) is 8.19. The van der Waals surface area contributed by atoms with Crippen molar-refractivity contribution in [3.8, 4) is 0 Å². The molecule has 0 amide bonds. The van der Waals surface area contributed by atoms with Crippen molar-refractivity contribution in [1.29, 1.82) is 0 Å². The monoisotopic (exact) mass is 474 g/mol. The second-order valence-electron chi connectivity index (χ2n) is 5.84. The molecule has 0 aliphatic rings. The van der Waals surface area contributed by atoms with Crippen molar-refractivity contribution in [2.75, 3.05) is 0 Å². The van der Waals surface area contributed by atoms with Crippen molar-refractivity contribution in [1.82, 2.24) is 9.55 Å². The van der Waals surface area contributed by atoms with Crippen LogP contribution in [0.3, 0.4) is 0 Å². The van der Waals surface area contributed by atoms with Gasteiger partial charge in [-0.25, -0.2) is 0 Å². The molecule has 6 nitrogen and oxygen atoms in total. The van der Waals surface area contributed by atoms with Crippen LogP contribution in [0.1, 0.15) is 26.2 Å². The molecule has 1 aromatic carbocycles. The van der Waals surface area contributed by atoms with Gasteiger partial charge < -0.3 is 0 Å². The Morgan fingerprint density at radius 3 is 1.88 bits per heavy atom. The Labute approximate surface area is 154 Å². The Balaban J connectivity index is 1.82. The summed E-state index contributed by atoms with van der Waals surface area (Å²) >= 11 is 1.33. The molecule has 132 valence electrons. The summed E-state index contributed by atoms with van der Waals surface area (Å²) in [4.78, 5) is 50.6. The molecule has 25 heavy (non-hydrogen) atoms. The van der Waals surface area contributed by atoms with Crippen molar-refractivity contribution < 1.29 is 0 Å². The maximum atomic E-state index is 12.5. The van der Waals surface area contributed by atoms with Gasteiger partial charge in [-0.05, 0) is 0 Å². The SMILES string of the molecule is CCCC[Se][Se]CCCn1c(=O)c2cc3c(=O)[nH]c(=O)c3cc2c1=O. The first-order valence-corrected chi connectivity index (χ1v) is 14.9. The molecule has 0 aliphatic heterocycles. The Bertz CT molecular complexity index is 1030. The second kappa shape index (κ2) is 7.83. The predicted octanol–water partition coefficient (Wildman–Crippen LogP) is 0.789. The van der Waals surface area contributed by atoms with Gasteiger partial charge in [0.1, 0.15) is 0 Å². The number of benzene rings is 1. The van der Waals surface area contributed by atoms with E-state index in [9.17, 15) is 19.2 Å². The van der Waals surface area contributed by atoms with Gasteiger partial charge in [-0.2, -0.15) is 0 Å². The van der Waals surface area contributed by atoms with Crippen molar-refractivity contribution in [3.63, 3.8) is 0 Å². The number of rotatable bonds is 8. The zero-order valence-electron chi connectivity index (χ0n) is 13.8. The molecule has 0 radical (unpaired) electrons. The number of hydrogen-bond donors (Lipinski definition) is 1. The Morgan fingerprint density at radius 1 is 0.840 bits per heavy atom. The summed E-state index contributed by atoms with van der Waals surface area (Å²) in [5.41, 5.74) is -1.75. The maximum absolute atomic E-state index is 12.5. The van der Waals surface area contributed by atoms with Crippen LogP contribution in [0.15, 0.2) is 31.3 Å². The summed E-state index contributed by atoms with van der Waals surface area (Å²) in [5, 5.41) is 3.19. The van der Waals surface area contributed by atoms with E-state index in [1.165, 1.54) is 34.9 Å². The van der Waals surface area contributed by atoms with E-state index in [0.717, 1.165) is 11.7 Å². The number of aromatic nitrogens is 2.